The van der Waals surface area contributed by atoms with Crippen LogP contribution in [-0.4, -0.2) is 57.5 Å². The Morgan fingerprint density at radius 1 is 1.13 bits per heavy atom. The van der Waals surface area contributed by atoms with E-state index in [9.17, 15) is 9.35 Å². The van der Waals surface area contributed by atoms with Crippen LogP contribution in [0.25, 0.3) is 0 Å². The molecule has 4 rings (SSSR count). The Morgan fingerprint density at radius 3 is 2.37 bits per heavy atom. The maximum absolute atomic E-state index is 12.7. The van der Waals surface area contributed by atoms with Crippen LogP contribution in [0.5, 0.6) is 0 Å². The molecule has 1 atom stereocenters. The van der Waals surface area contributed by atoms with E-state index in [-0.39, 0.29) is 11.3 Å². The molecule has 1 aliphatic heterocycles. The number of piperidine rings is 1. The minimum absolute atomic E-state index is 0.0392. The van der Waals surface area contributed by atoms with Crippen LogP contribution in [0.1, 0.15) is 54.4 Å². The molecule has 2 amide bonds. The molecule has 164 valence electrons. The Hall–Kier alpha value is -1.26. The highest BCUT2D eigenvalue weighted by atomic mass is 32.2. The van der Waals surface area contributed by atoms with Gasteiger partial charge < -0.3 is 24.8 Å². The Kier molecular flexibility index (Phi) is 7.26. The molecule has 9 heteroatoms. The summed E-state index contributed by atoms with van der Waals surface area (Å²) in [5.41, 5.74) is 6.27. The highest BCUT2D eigenvalue weighted by molar-refractivity contribution is 7.90. The number of rotatable bonds is 7. The van der Waals surface area contributed by atoms with E-state index < -0.39 is 18.5 Å². The summed E-state index contributed by atoms with van der Waals surface area (Å²) in [6, 6.07) is 1.98. The van der Waals surface area contributed by atoms with Crippen LogP contribution in [-0.2, 0) is 37.0 Å². The molecule has 0 spiro atoms. The largest absolute Gasteiger partial charge is 0.593 e. The number of fused-ring (bicyclic) bond motifs is 2. The zero-order valence-corrected chi connectivity index (χ0v) is 18.3. The van der Waals surface area contributed by atoms with Crippen LogP contribution >= 0.6 is 0 Å². The second-order valence-electron chi connectivity index (χ2n) is 8.75. The number of likely N-dealkylation sites (tertiary alicyclic amines) is 1. The number of anilines is 1. The number of nitrogens with one attached hydrogen (secondary N) is 2. The van der Waals surface area contributed by atoms with Crippen LogP contribution in [0.15, 0.2) is 6.07 Å². The third-order valence-electron chi connectivity index (χ3n) is 6.68. The molecule has 30 heavy (non-hydrogen) atoms. The first kappa shape index (κ1) is 22.0. The molecule has 0 saturated carbocycles. The number of carbonyl (C=O) groups excluding carboxylic acids is 1. The predicted molar refractivity (Wildman–Crippen MR) is 120 cm³/mol. The van der Waals surface area contributed by atoms with Crippen molar-refractivity contribution in [1.82, 2.24) is 9.62 Å². The van der Waals surface area contributed by atoms with E-state index in [0.29, 0.717) is 6.32 Å². The van der Waals surface area contributed by atoms with Crippen molar-refractivity contribution in [2.75, 3.05) is 25.0 Å². The second kappa shape index (κ2) is 9.91. The van der Waals surface area contributed by atoms with Gasteiger partial charge in [-0.15, -0.1) is 0 Å². The van der Waals surface area contributed by atoms with Crippen LogP contribution in [0, 0.1) is 0 Å². The molecular formula is C21H32BN3O4S. The minimum Gasteiger partial charge on any atom is -0.593 e. The lowest BCUT2D eigenvalue weighted by Gasteiger charge is -2.32. The summed E-state index contributed by atoms with van der Waals surface area (Å²) in [6.45, 7) is 2.46. The highest BCUT2D eigenvalue weighted by Crippen LogP contribution is 2.38. The number of hydrogen-bond acceptors (Lipinski definition) is 5. The molecule has 7 nitrogen and oxygen atoms in total. The normalized spacial score (nSPS) is 20.0. The van der Waals surface area contributed by atoms with Gasteiger partial charge in [-0.2, -0.15) is 4.72 Å². The first-order chi connectivity index (χ1) is 14.5. The van der Waals surface area contributed by atoms with Gasteiger partial charge in [0.2, 0.25) is 0 Å². The molecule has 2 aliphatic carbocycles. The van der Waals surface area contributed by atoms with E-state index in [1.807, 2.05) is 0 Å². The smallest absolute Gasteiger partial charge is 0.451 e. The number of hydrogen-bond donors (Lipinski definition) is 4. The molecular weight excluding hydrogens is 401 g/mol. The summed E-state index contributed by atoms with van der Waals surface area (Å²) in [4.78, 5) is 14.9. The molecule has 1 saturated heterocycles. The van der Waals surface area contributed by atoms with Crippen LogP contribution < -0.4 is 10.0 Å². The Morgan fingerprint density at radius 2 is 1.77 bits per heavy atom. The topological polar surface area (TPSA) is 108 Å². The van der Waals surface area contributed by atoms with Crippen molar-refractivity contribution < 1.29 is 19.4 Å². The Balaban J connectivity index is 1.28. The number of carbonyl (C=O) groups is 1. The summed E-state index contributed by atoms with van der Waals surface area (Å²) in [6.07, 6.45) is 9.10. The molecule has 4 N–H and O–H groups in total. The molecule has 1 aromatic carbocycles. The van der Waals surface area contributed by atoms with E-state index in [1.54, 1.807) is 0 Å². The van der Waals surface area contributed by atoms with Gasteiger partial charge in [-0.3, -0.25) is 0 Å². The van der Waals surface area contributed by atoms with Gasteiger partial charge in [0.15, 0.2) is 0 Å². The summed E-state index contributed by atoms with van der Waals surface area (Å²) in [5, 5.41) is 20.9. The molecule has 1 heterocycles. The average Bonchev–Trinajstić information content (AvgIpc) is 3.37. The Labute approximate surface area is 182 Å². The summed E-state index contributed by atoms with van der Waals surface area (Å²) < 4.78 is 15.4. The van der Waals surface area contributed by atoms with Gasteiger partial charge in [-0.05, 0) is 80.1 Å². The van der Waals surface area contributed by atoms with Crippen LogP contribution in [0.3, 0.4) is 0 Å². The van der Waals surface area contributed by atoms with Crippen LogP contribution in [0.2, 0.25) is 6.32 Å². The third kappa shape index (κ3) is 5.14. The number of aryl methyl sites for hydroxylation is 2. The van der Waals surface area contributed by atoms with Crippen molar-refractivity contribution in [3.05, 3.63) is 28.3 Å². The lowest BCUT2D eigenvalue weighted by molar-refractivity contribution is 0.228. The lowest BCUT2D eigenvalue weighted by atomic mass is 9.84. The zero-order valence-electron chi connectivity index (χ0n) is 17.5. The molecule has 0 bridgehead atoms. The monoisotopic (exact) mass is 433 g/mol. The number of benzene rings is 1. The van der Waals surface area contributed by atoms with Crippen molar-refractivity contribution >= 4 is 30.2 Å². The molecule has 1 unspecified atom stereocenters. The fourth-order valence-corrected chi connectivity index (χ4v) is 6.16. The van der Waals surface area contributed by atoms with Crippen molar-refractivity contribution in [2.45, 2.75) is 69.4 Å². The maximum atomic E-state index is 12.7. The molecule has 1 aromatic rings. The average molecular weight is 433 g/mol. The zero-order chi connectivity index (χ0) is 21.1. The molecule has 0 radical (unpaired) electrons. The fourth-order valence-electron chi connectivity index (χ4n) is 5.13. The number of amides is 2. The number of nitrogens with zero attached hydrogens (tertiary/aromatic N) is 1. The first-order valence-corrected chi connectivity index (χ1v) is 12.5. The SMILES string of the molecule is O=C(Nc1c2c(cc3c1CCC3)CCC2)N[S+]([O-])C1CCN(CCCB(O)O)CC1. The highest BCUT2D eigenvalue weighted by Gasteiger charge is 2.31. The number of urea groups is 1. The summed E-state index contributed by atoms with van der Waals surface area (Å²) in [7, 11) is -1.25. The van der Waals surface area contributed by atoms with Crippen LogP contribution in [0.4, 0.5) is 10.5 Å². The standard InChI is InChI=1S/C21H32BN3O4S/c26-21(23-20-18-6-1-4-15(18)14-16-5-2-7-19(16)20)24-30(29)17-8-12-25(13-9-17)11-3-10-22(27)28/h14,17,27-28H,1-13H2,(H2,23,24,26). The second-order valence-corrected chi connectivity index (χ2v) is 10.2. The first-order valence-electron chi connectivity index (χ1n) is 11.2. The fraction of sp³-hybridized carbons (Fsp3) is 0.667. The maximum Gasteiger partial charge on any atom is 0.451 e. The van der Waals surface area contributed by atoms with E-state index in [2.05, 4.69) is 21.0 Å². The van der Waals surface area contributed by atoms with Gasteiger partial charge in [-0.25, -0.2) is 4.79 Å². The van der Waals surface area contributed by atoms with E-state index in [1.165, 1.54) is 22.3 Å². The molecule has 1 fully saturated rings. The Bertz CT molecular complexity index is 739. The van der Waals surface area contributed by atoms with Crippen molar-refractivity contribution in [1.29, 1.82) is 0 Å². The van der Waals surface area contributed by atoms with Crippen molar-refractivity contribution in [3.63, 3.8) is 0 Å². The quantitative estimate of drug-likeness (QED) is 0.387. The van der Waals surface area contributed by atoms with E-state index in [0.717, 1.165) is 83.1 Å². The van der Waals surface area contributed by atoms with Gasteiger partial charge in [-0.1, -0.05) is 6.07 Å². The van der Waals surface area contributed by atoms with Crippen molar-refractivity contribution in [2.24, 2.45) is 0 Å². The molecule has 0 aromatic heterocycles. The summed E-state index contributed by atoms with van der Waals surface area (Å²) >= 11 is -1.40. The lowest BCUT2D eigenvalue weighted by Crippen LogP contribution is -2.46. The van der Waals surface area contributed by atoms with Gasteiger partial charge in [0.25, 0.3) is 0 Å². The van der Waals surface area contributed by atoms with E-state index >= 15 is 0 Å². The van der Waals surface area contributed by atoms with Gasteiger partial charge >= 0.3 is 13.1 Å². The predicted octanol–water partition coefficient (Wildman–Crippen LogP) is 1.78. The van der Waals surface area contributed by atoms with Gasteiger partial charge in [0.05, 0.1) is 11.4 Å². The van der Waals surface area contributed by atoms with E-state index in [4.69, 9.17) is 10.0 Å². The third-order valence-corrected chi connectivity index (χ3v) is 8.14. The summed E-state index contributed by atoms with van der Waals surface area (Å²) in [5.74, 6) is 0. The minimum atomic E-state index is -1.40. The van der Waals surface area contributed by atoms with Crippen molar-refractivity contribution in [3.8, 4) is 0 Å². The molecule has 3 aliphatic rings. The van der Waals surface area contributed by atoms with Gasteiger partial charge in [0, 0.05) is 31.6 Å². The van der Waals surface area contributed by atoms with Gasteiger partial charge in [0.1, 0.15) is 5.25 Å².